The molecule has 0 spiro atoms. The van der Waals surface area contributed by atoms with Gasteiger partial charge in [-0.05, 0) is 41.0 Å². The van der Waals surface area contributed by atoms with Crippen molar-refractivity contribution < 1.29 is 14.2 Å². The van der Waals surface area contributed by atoms with Crippen LogP contribution < -0.4 is 15.0 Å². The van der Waals surface area contributed by atoms with Gasteiger partial charge in [-0.15, -0.1) is 0 Å². The Balaban J connectivity index is 1.61. The molecule has 3 aliphatic heterocycles. The molecular formula is C24H20ClFN4O2. The number of aromatic hydroxyl groups is 1. The molecule has 2 N–H and O–H groups in total. The fourth-order valence-electron chi connectivity index (χ4n) is 4.93. The standard InChI is InChI=1S/C24H20ClFN4O2/c1-32-24-28-22-18(23(29-24)30-10-13-7-14(11-30)27-13)9-19(25)20(21(22)26)17-8-15(31)6-12-4-2-3-5-16(12)17/h2-6,8-9,13-14,27,31H,7,10-11H2,1H3. The molecular weight excluding hydrogens is 431 g/mol. The van der Waals surface area contributed by atoms with Crippen LogP contribution in [0.25, 0.3) is 32.8 Å². The van der Waals surface area contributed by atoms with E-state index in [1.165, 1.54) is 13.2 Å². The van der Waals surface area contributed by atoms with Crippen molar-refractivity contribution in [3.8, 4) is 22.9 Å². The number of ether oxygens (including phenoxy) is 1. The van der Waals surface area contributed by atoms with Crippen LogP contribution in [-0.4, -0.2) is 47.4 Å². The summed E-state index contributed by atoms with van der Waals surface area (Å²) in [6, 6.07) is 13.3. The third-order valence-electron chi connectivity index (χ3n) is 6.36. The summed E-state index contributed by atoms with van der Waals surface area (Å²) in [6.07, 6.45) is 1.14. The molecule has 4 heterocycles. The third-order valence-corrected chi connectivity index (χ3v) is 6.66. The molecule has 0 radical (unpaired) electrons. The zero-order valence-corrected chi connectivity index (χ0v) is 18.0. The molecule has 3 aromatic carbocycles. The van der Waals surface area contributed by atoms with Gasteiger partial charge in [0.05, 0.1) is 12.1 Å². The van der Waals surface area contributed by atoms with Crippen molar-refractivity contribution in [2.45, 2.75) is 18.5 Å². The Morgan fingerprint density at radius 3 is 2.62 bits per heavy atom. The molecule has 0 aliphatic carbocycles. The third kappa shape index (κ3) is 2.96. The van der Waals surface area contributed by atoms with Crippen LogP contribution in [0.4, 0.5) is 10.2 Å². The van der Waals surface area contributed by atoms with Gasteiger partial charge >= 0.3 is 6.01 Å². The van der Waals surface area contributed by atoms with E-state index in [4.69, 9.17) is 16.3 Å². The van der Waals surface area contributed by atoms with E-state index in [0.29, 0.717) is 28.9 Å². The molecule has 7 rings (SSSR count). The molecule has 2 atom stereocenters. The molecule has 3 fully saturated rings. The Hall–Kier alpha value is -3.16. The smallest absolute Gasteiger partial charge is 0.318 e. The van der Waals surface area contributed by atoms with E-state index in [-0.39, 0.29) is 27.9 Å². The largest absolute Gasteiger partial charge is 0.508 e. The van der Waals surface area contributed by atoms with Crippen LogP contribution in [-0.2, 0) is 0 Å². The first-order valence-corrected chi connectivity index (χ1v) is 10.9. The number of hydrogen-bond acceptors (Lipinski definition) is 6. The average molecular weight is 451 g/mol. The second-order valence-corrected chi connectivity index (χ2v) is 8.80. The highest BCUT2D eigenvalue weighted by atomic mass is 35.5. The van der Waals surface area contributed by atoms with Gasteiger partial charge < -0.3 is 20.1 Å². The number of piperidine rings is 1. The van der Waals surface area contributed by atoms with Crippen molar-refractivity contribution in [3.05, 3.63) is 53.3 Å². The molecule has 3 saturated heterocycles. The van der Waals surface area contributed by atoms with Crippen molar-refractivity contribution in [1.82, 2.24) is 15.3 Å². The number of phenolic OH excluding ortho intramolecular Hbond substituents is 1. The minimum Gasteiger partial charge on any atom is -0.508 e. The highest BCUT2D eigenvalue weighted by molar-refractivity contribution is 6.35. The summed E-state index contributed by atoms with van der Waals surface area (Å²) in [5.41, 5.74) is 0.847. The molecule has 8 heteroatoms. The number of nitrogens with zero attached hydrogens (tertiary/aromatic N) is 3. The van der Waals surface area contributed by atoms with Gasteiger partial charge in [-0.1, -0.05) is 35.9 Å². The van der Waals surface area contributed by atoms with Gasteiger partial charge in [-0.2, -0.15) is 9.97 Å². The van der Waals surface area contributed by atoms with Crippen molar-refractivity contribution in [1.29, 1.82) is 0 Å². The van der Waals surface area contributed by atoms with Crippen molar-refractivity contribution >= 4 is 39.1 Å². The number of nitrogens with one attached hydrogen (secondary N) is 1. The summed E-state index contributed by atoms with van der Waals surface area (Å²) in [4.78, 5) is 11.0. The summed E-state index contributed by atoms with van der Waals surface area (Å²) >= 11 is 6.68. The molecule has 1 aromatic heterocycles. The number of hydrogen-bond donors (Lipinski definition) is 2. The molecule has 0 amide bonds. The zero-order chi connectivity index (χ0) is 22.0. The molecule has 4 aromatic rings. The lowest BCUT2D eigenvalue weighted by molar-refractivity contribution is 0.225. The Kier molecular flexibility index (Phi) is 4.38. The molecule has 32 heavy (non-hydrogen) atoms. The lowest BCUT2D eigenvalue weighted by atomic mass is 9.91. The van der Waals surface area contributed by atoms with Crippen LogP contribution in [0.2, 0.25) is 5.02 Å². The van der Waals surface area contributed by atoms with Crippen molar-refractivity contribution in [3.63, 3.8) is 0 Å². The number of anilines is 1. The van der Waals surface area contributed by atoms with Crippen LogP contribution in [0.3, 0.4) is 0 Å². The predicted molar refractivity (Wildman–Crippen MR) is 123 cm³/mol. The first-order chi connectivity index (χ1) is 15.5. The van der Waals surface area contributed by atoms with E-state index in [0.717, 1.165) is 30.3 Å². The van der Waals surface area contributed by atoms with Crippen LogP contribution in [0.5, 0.6) is 11.8 Å². The lowest BCUT2D eigenvalue weighted by Gasteiger charge is -2.48. The highest BCUT2D eigenvalue weighted by Gasteiger charge is 2.38. The Labute approximate surface area is 188 Å². The van der Waals surface area contributed by atoms with E-state index in [2.05, 4.69) is 20.2 Å². The minimum atomic E-state index is -0.564. The zero-order valence-electron chi connectivity index (χ0n) is 17.3. The number of aromatic nitrogens is 2. The van der Waals surface area contributed by atoms with E-state index in [1.807, 2.05) is 24.3 Å². The summed E-state index contributed by atoms with van der Waals surface area (Å²) in [5, 5.41) is 16.1. The number of piperazine rings is 1. The second kappa shape index (κ2) is 7.18. The quantitative estimate of drug-likeness (QED) is 0.478. The van der Waals surface area contributed by atoms with E-state index in [1.54, 1.807) is 12.1 Å². The van der Waals surface area contributed by atoms with E-state index >= 15 is 4.39 Å². The van der Waals surface area contributed by atoms with Gasteiger partial charge in [0.2, 0.25) is 0 Å². The Morgan fingerprint density at radius 1 is 1.12 bits per heavy atom. The SMILES string of the molecule is COc1nc(N2CC3CC(C2)N3)c2cc(Cl)c(-c3cc(O)cc4ccccc34)c(F)c2n1. The Morgan fingerprint density at radius 2 is 1.88 bits per heavy atom. The molecule has 2 unspecified atom stereocenters. The molecule has 0 saturated carbocycles. The summed E-state index contributed by atoms with van der Waals surface area (Å²) in [5.74, 6) is 0.0944. The minimum absolute atomic E-state index is 0.0373. The van der Waals surface area contributed by atoms with Crippen LogP contribution >= 0.6 is 11.6 Å². The molecule has 6 nitrogen and oxygen atoms in total. The summed E-state index contributed by atoms with van der Waals surface area (Å²) < 4.78 is 21.4. The van der Waals surface area contributed by atoms with Gasteiger partial charge in [0, 0.05) is 36.1 Å². The summed E-state index contributed by atoms with van der Waals surface area (Å²) in [7, 11) is 1.47. The van der Waals surface area contributed by atoms with Gasteiger partial charge in [-0.3, -0.25) is 0 Å². The topological polar surface area (TPSA) is 70.5 Å². The number of rotatable bonds is 3. The van der Waals surface area contributed by atoms with Crippen molar-refractivity contribution in [2.24, 2.45) is 0 Å². The number of phenols is 1. The number of fused-ring (bicyclic) bond motifs is 4. The highest BCUT2D eigenvalue weighted by Crippen LogP contribution is 2.42. The summed E-state index contributed by atoms with van der Waals surface area (Å²) in [6.45, 7) is 1.56. The maximum atomic E-state index is 16.1. The van der Waals surface area contributed by atoms with Gasteiger partial charge in [-0.25, -0.2) is 4.39 Å². The maximum Gasteiger partial charge on any atom is 0.318 e. The molecule has 2 bridgehead atoms. The fourth-order valence-corrected chi connectivity index (χ4v) is 5.22. The van der Waals surface area contributed by atoms with Crippen LogP contribution in [0, 0.1) is 5.82 Å². The normalized spacial score (nSPS) is 19.9. The first-order valence-electron chi connectivity index (χ1n) is 10.5. The fraction of sp³-hybridized carbons (Fsp3) is 0.250. The first kappa shape index (κ1) is 19.5. The van der Waals surface area contributed by atoms with Gasteiger partial charge in [0.15, 0.2) is 5.82 Å². The monoisotopic (exact) mass is 450 g/mol. The lowest BCUT2D eigenvalue weighted by Crippen LogP contribution is -2.67. The Bertz CT molecular complexity index is 1380. The maximum absolute atomic E-state index is 16.1. The predicted octanol–water partition coefficient (Wildman–Crippen LogP) is 4.51. The molecule has 3 aliphatic rings. The van der Waals surface area contributed by atoms with E-state index < -0.39 is 5.82 Å². The van der Waals surface area contributed by atoms with Crippen molar-refractivity contribution in [2.75, 3.05) is 25.1 Å². The van der Waals surface area contributed by atoms with E-state index in [9.17, 15) is 5.11 Å². The number of methoxy groups -OCH3 is 1. The molecule has 162 valence electrons. The number of halogens is 2. The van der Waals surface area contributed by atoms with Crippen LogP contribution in [0.1, 0.15) is 6.42 Å². The van der Waals surface area contributed by atoms with Crippen LogP contribution in [0.15, 0.2) is 42.5 Å². The average Bonchev–Trinajstić information content (AvgIpc) is 2.78. The van der Waals surface area contributed by atoms with Gasteiger partial charge in [0.1, 0.15) is 17.1 Å². The second-order valence-electron chi connectivity index (χ2n) is 8.39. The number of benzene rings is 3. The van der Waals surface area contributed by atoms with Gasteiger partial charge in [0.25, 0.3) is 0 Å².